The van der Waals surface area contributed by atoms with E-state index in [1.54, 1.807) is 29.2 Å². The minimum absolute atomic E-state index is 0.0435. The predicted molar refractivity (Wildman–Crippen MR) is 59.0 cm³/mol. The number of carbonyl (C=O) groups is 1. The normalized spacial score (nSPS) is 20.1. The highest BCUT2D eigenvalue weighted by Gasteiger charge is 2.24. The molecule has 0 saturated carbocycles. The third kappa shape index (κ3) is 2.33. The molecule has 0 aliphatic carbocycles. The first kappa shape index (κ1) is 11.0. The van der Waals surface area contributed by atoms with Crippen LogP contribution < -0.4 is 0 Å². The molecule has 0 spiro atoms. The summed E-state index contributed by atoms with van der Waals surface area (Å²) in [6.45, 7) is 1.01. The van der Waals surface area contributed by atoms with Crippen LogP contribution in [0.25, 0.3) is 0 Å². The number of aliphatic hydroxyl groups is 1. The number of likely N-dealkylation sites (tertiary alicyclic amines) is 1. The fraction of sp³-hybridized carbons (Fsp3) is 0.417. The van der Waals surface area contributed by atoms with E-state index < -0.39 is 6.10 Å². The molecular formula is C12H15NO3. The van der Waals surface area contributed by atoms with E-state index in [4.69, 9.17) is 0 Å². The summed E-state index contributed by atoms with van der Waals surface area (Å²) in [6.07, 6.45) is 0.444. The first-order chi connectivity index (χ1) is 7.66. The van der Waals surface area contributed by atoms with E-state index in [-0.39, 0.29) is 18.1 Å². The van der Waals surface area contributed by atoms with Crippen LogP contribution >= 0.6 is 0 Å². The van der Waals surface area contributed by atoms with Crippen molar-refractivity contribution < 1.29 is 15.0 Å². The van der Waals surface area contributed by atoms with Crippen molar-refractivity contribution in [3.05, 3.63) is 29.8 Å². The number of β-amino-alcohol motifs (C(OH)–C–C–N with tert-alkyl or cyclic N) is 1. The number of benzene rings is 1. The number of hydrogen-bond donors (Lipinski definition) is 2. The van der Waals surface area contributed by atoms with E-state index in [0.29, 0.717) is 25.1 Å². The van der Waals surface area contributed by atoms with Gasteiger partial charge in [0.1, 0.15) is 5.75 Å². The van der Waals surface area contributed by atoms with Gasteiger partial charge in [0.2, 0.25) is 5.91 Å². The summed E-state index contributed by atoms with van der Waals surface area (Å²) in [5, 5.41) is 18.9. The van der Waals surface area contributed by atoms with Crippen molar-refractivity contribution in [2.45, 2.75) is 18.9 Å². The summed E-state index contributed by atoms with van der Waals surface area (Å²) in [6, 6.07) is 6.82. The number of aromatic hydroxyl groups is 1. The molecule has 0 radical (unpaired) electrons. The van der Waals surface area contributed by atoms with Crippen molar-refractivity contribution in [2.75, 3.05) is 13.1 Å². The molecular weight excluding hydrogens is 206 g/mol. The molecule has 1 heterocycles. The molecule has 4 nitrogen and oxygen atoms in total. The standard InChI is InChI=1S/C12H15NO3/c14-10-5-6-13(8-10)12(16)7-9-3-1-2-4-11(9)15/h1-4,10,14-15H,5-8H2. The topological polar surface area (TPSA) is 60.8 Å². The van der Waals surface area contributed by atoms with Crippen LogP contribution in [0.2, 0.25) is 0 Å². The van der Waals surface area contributed by atoms with Gasteiger partial charge in [-0.25, -0.2) is 0 Å². The van der Waals surface area contributed by atoms with Gasteiger partial charge in [0.15, 0.2) is 0 Å². The van der Waals surface area contributed by atoms with Crippen LogP contribution in [-0.2, 0) is 11.2 Å². The molecule has 1 aliphatic rings. The maximum atomic E-state index is 11.8. The second kappa shape index (κ2) is 4.53. The molecule has 1 aromatic carbocycles. The lowest BCUT2D eigenvalue weighted by atomic mass is 10.1. The number of amides is 1. The van der Waals surface area contributed by atoms with Crippen LogP contribution in [-0.4, -0.2) is 40.2 Å². The average molecular weight is 221 g/mol. The number of hydrogen-bond acceptors (Lipinski definition) is 3. The Labute approximate surface area is 94.1 Å². The molecule has 1 aliphatic heterocycles. The first-order valence-corrected chi connectivity index (χ1v) is 5.39. The minimum atomic E-state index is -0.395. The lowest BCUT2D eigenvalue weighted by Crippen LogP contribution is -2.30. The molecule has 2 N–H and O–H groups in total. The van der Waals surface area contributed by atoms with Crippen LogP contribution in [0.1, 0.15) is 12.0 Å². The SMILES string of the molecule is O=C(Cc1ccccc1O)N1CCC(O)C1. The third-order valence-electron chi connectivity index (χ3n) is 2.85. The Morgan fingerprint density at radius 1 is 1.44 bits per heavy atom. The number of rotatable bonds is 2. The van der Waals surface area contributed by atoms with Crippen molar-refractivity contribution in [3.8, 4) is 5.75 Å². The van der Waals surface area contributed by atoms with Crippen LogP contribution in [0.4, 0.5) is 0 Å². The molecule has 86 valence electrons. The average Bonchev–Trinajstić information content (AvgIpc) is 2.68. The second-order valence-corrected chi connectivity index (χ2v) is 4.09. The molecule has 2 rings (SSSR count). The fourth-order valence-corrected chi connectivity index (χ4v) is 1.90. The molecule has 1 saturated heterocycles. The molecule has 0 aromatic heterocycles. The number of phenols is 1. The van der Waals surface area contributed by atoms with E-state index in [2.05, 4.69) is 0 Å². The molecule has 1 unspecified atom stereocenters. The first-order valence-electron chi connectivity index (χ1n) is 5.39. The van der Waals surface area contributed by atoms with Gasteiger partial charge in [-0.2, -0.15) is 0 Å². The van der Waals surface area contributed by atoms with Crippen molar-refractivity contribution in [3.63, 3.8) is 0 Å². The van der Waals surface area contributed by atoms with Crippen LogP contribution in [0.15, 0.2) is 24.3 Å². The van der Waals surface area contributed by atoms with Gasteiger partial charge in [-0.05, 0) is 12.5 Å². The van der Waals surface area contributed by atoms with Crippen LogP contribution in [0.3, 0.4) is 0 Å². The number of phenolic OH excluding ortho intramolecular Hbond substituents is 1. The summed E-state index contributed by atoms with van der Waals surface area (Å²) in [5.74, 6) is 0.105. The Bertz CT molecular complexity index is 392. The second-order valence-electron chi connectivity index (χ2n) is 4.09. The van der Waals surface area contributed by atoms with E-state index >= 15 is 0 Å². The van der Waals surface area contributed by atoms with Gasteiger partial charge in [-0.3, -0.25) is 4.79 Å². The van der Waals surface area contributed by atoms with Gasteiger partial charge < -0.3 is 15.1 Å². The van der Waals surface area contributed by atoms with E-state index in [1.165, 1.54) is 0 Å². The zero-order valence-electron chi connectivity index (χ0n) is 8.97. The van der Waals surface area contributed by atoms with Gasteiger partial charge in [0.25, 0.3) is 0 Å². The smallest absolute Gasteiger partial charge is 0.227 e. The number of nitrogens with zero attached hydrogens (tertiary/aromatic N) is 1. The zero-order valence-corrected chi connectivity index (χ0v) is 8.97. The van der Waals surface area contributed by atoms with E-state index in [9.17, 15) is 15.0 Å². The number of para-hydroxylation sites is 1. The largest absolute Gasteiger partial charge is 0.508 e. The maximum Gasteiger partial charge on any atom is 0.227 e. The molecule has 1 fully saturated rings. The quantitative estimate of drug-likeness (QED) is 0.765. The van der Waals surface area contributed by atoms with Gasteiger partial charge in [-0.15, -0.1) is 0 Å². The zero-order chi connectivity index (χ0) is 11.5. The lowest BCUT2D eigenvalue weighted by Gasteiger charge is -2.15. The Morgan fingerprint density at radius 2 is 2.19 bits per heavy atom. The van der Waals surface area contributed by atoms with Crippen LogP contribution in [0.5, 0.6) is 5.75 Å². The van der Waals surface area contributed by atoms with Crippen molar-refractivity contribution >= 4 is 5.91 Å². The molecule has 4 heteroatoms. The van der Waals surface area contributed by atoms with Gasteiger partial charge in [-0.1, -0.05) is 18.2 Å². The number of aliphatic hydroxyl groups excluding tert-OH is 1. The summed E-state index contributed by atoms with van der Waals surface area (Å²) in [7, 11) is 0. The molecule has 16 heavy (non-hydrogen) atoms. The molecule has 1 aromatic rings. The lowest BCUT2D eigenvalue weighted by molar-refractivity contribution is -0.129. The van der Waals surface area contributed by atoms with Gasteiger partial charge in [0, 0.05) is 18.7 Å². The highest BCUT2D eigenvalue weighted by Crippen LogP contribution is 2.18. The van der Waals surface area contributed by atoms with Gasteiger partial charge >= 0.3 is 0 Å². The fourth-order valence-electron chi connectivity index (χ4n) is 1.90. The number of carbonyl (C=O) groups excluding carboxylic acids is 1. The van der Waals surface area contributed by atoms with Crippen molar-refractivity contribution in [1.29, 1.82) is 0 Å². The third-order valence-corrected chi connectivity index (χ3v) is 2.85. The van der Waals surface area contributed by atoms with E-state index in [0.717, 1.165) is 0 Å². The predicted octanol–water partition coefficient (Wildman–Crippen LogP) is 0.528. The summed E-state index contributed by atoms with van der Waals surface area (Å²) >= 11 is 0. The maximum absolute atomic E-state index is 11.8. The highest BCUT2D eigenvalue weighted by atomic mass is 16.3. The Morgan fingerprint density at radius 3 is 2.81 bits per heavy atom. The molecule has 1 atom stereocenters. The van der Waals surface area contributed by atoms with Crippen molar-refractivity contribution in [1.82, 2.24) is 4.90 Å². The molecule has 1 amide bonds. The minimum Gasteiger partial charge on any atom is -0.508 e. The van der Waals surface area contributed by atoms with Crippen molar-refractivity contribution in [2.24, 2.45) is 0 Å². The Hall–Kier alpha value is -1.55. The van der Waals surface area contributed by atoms with Gasteiger partial charge in [0.05, 0.1) is 12.5 Å². The Balaban J connectivity index is 2.00. The highest BCUT2D eigenvalue weighted by molar-refractivity contribution is 5.79. The molecule has 0 bridgehead atoms. The van der Waals surface area contributed by atoms with E-state index in [1.807, 2.05) is 0 Å². The Kier molecular flexibility index (Phi) is 3.10. The summed E-state index contributed by atoms with van der Waals surface area (Å²) < 4.78 is 0. The monoisotopic (exact) mass is 221 g/mol. The summed E-state index contributed by atoms with van der Waals surface area (Å²) in [4.78, 5) is 13.5. The van der Waals surface area contributed by atoms with Crippen LogP contribution in [0, 0.1) is 0 Å². The summed E-state index contributed by atoms with van der Waals surface area (Å²) in [5.41, 5.74) is 0.633.